The largest absolute Gasteiger partial charge is 0.393 e. The van der Waals surface area contributed by atoms with Crippen LogP contribution in [0, 0.1) is 0 Å². The lowest BCUT2D eigenvalue weighted by Gasteiger charge is -2.25. The number of hydrogen-bond donors (Lipinski definition) is 1. The van der Waals surface area contributed by atoms with Crippen molar-refractivity contribution in [2.75, 3.05) is 0 Å². The lowest BCUT2D eigenvalue weighted by molar-refractivity contribution is 0.122. The van der Waals surface area contributed by atoms with E-state index in [9.17, 15) is 8.99 Å². The van der Waals surface area contributed by atoms with Crippen LogP contribution in [-0.4, -0.2) is 25.4 Å². The summed E-state index contributed by atoms with van der Waals surface area (Å²) in [5.74, 6) is 1.03. The zero-order valence-corrected chi connectivity index (χ0v) is 13.8. The molecule has 1 aromatic carbocycles. The third-order valence-electron chi connectivity index (χ3n) is 3.93. The van der Waals surface area contributed by atoms with Crippen LogP contribution in [0.5, 0.6) is 0 Å². The van der Waals surface area contributed by atoms with E-state index >= 15 is 0 Å². The summed E-state index contributed by atoms with van der Waals surface area (Å²) in [5.41, 5.74) is 2.13. The van der Waals surface area contributed by atoms with Crippen molar-refractivity contribution in [3.05, 3.63) is 36.2 Å². The van der Waals surface area contributed by atoms with Crippen LogP contribution in [-0.2, 0) is 0 Å². The van der Waals surface area contributed by atoms with Crippen LogP contribution in [0.4, 0.5) is 3.89 Å². The van der Waals surface area contributed by atoms with E-state index in [0.717, 1.165) is 31.2 Å². The Labute approximate surface area is 135 Å². The van der Waals surface area contributed by atoms with Crippen LogP contribution in [0.15, 0.2) is 30.6 Å². The first-order valence-electron chi connectivity index (χ1n) is 7.75. The molecule has 3 rings (SSSR count). The summed E-state index contributed by atoms with van der Waals surface area (Å²) in [6, 6.07) is 8.05. The van der Waals surface area contributed by atoms with Crippen molar-refractivity contribution in [3.63, 3.8) is 0 Å². The van der Waals surface area contributed by atoms with Crippen molar-refractivity contribution < 1.29 is 8.99 Å². The van der Waals surface area contributed by atoms with Crippen molar-refractivity contribution >= 4 is 12.3 Å². The molecule has 0 bridgehead atoms. The second-order valence-corrected chi connectivity index (χ2v) is 5.71. The van der Waals surface area contributed by atoms with Crippen LogP contribution in [0.2, 0.25) is 0 Å². The maximum Gasteiger partial charge on any atom is 0.175 e. The first kappa shape index (κ1) is 17.0. The lowest BCUT2D eigenvalue weighted by atomic mass is 9.82. The summed E-state index contributed by atoms with van der Waals surface area (Å²) >= 11 is 0.0933. The van der Waals surface area contributed by atoms with Crippen LogP contribution >= 0.6 is 12.3 Å². The molecule has 1 aliphatic rings. The number of halogens is 1. The molecule has 22 heavy (non-hydrogen) atoms. The Morgan fingerprint density at radius 3 is 2.36 bits per heavy atom. The molecule has 1 aromatic heterocycles. The highest BCUT2D eigenvalue weighted by molar-refractivity contribution is 7.92. The summed E-state index contributed by atoms with van der Waals surface area (Å²) in [4.78, 5) is 0. The molecular formula is C16H22FN3OS. The van der Waals surface area contributed by atoms with Gasteiger partial charge in [0.25, 0.3) is 0 Å². The summed E-state index contributed by atoms with van der Waals surface area (Å²) in [7, 11) is 0. The van der Waals surface area contributed by atoms with Crippen molar-refractivity contribution in [1.82, 2.24) is 14.2 Å². The van der Waals surface area contributed by atoms with Gasteiger partial charge in [0.15, 0.2) is 18.2 Å². The molecule has 0 atom stereocenters. The van der Waals surface area contributed by atoms with Gasteiger partial charge in [0.1, 0.15) is 6.33 Å². The molecule has 0 aliphatic heterocycles. The van der Waals surface area contributed by atoms with Gasteiger partial charge in [-0.25, -0.2) is 3.97 Å². The van der Waals surface area contributed by atoms with E-state index < -0.39 is 0 Å². The standard InChI is InChI=1S/C14H16FN3OS.C2H6/c15-20-18-9-16-17-14(18)12-3-1-10(2-4-12)11-5-7-13(19)8-6-11;1-2/h1-4,9,11,13,19H,5-8H2;1-2H3. The Kier molecular flexibility index (Phi) is 6.39. The van der Waals surface area contributed by atoms with Gasteiger partial charge in [0.2, 0.25) is 0 Å². The molecular weight excluding hydrogens is 301 g/mol. The van der Waals surface area contributed by atoms with Crippen LogP contribution in [0.1, 0.15) is 51.0 Å². The smallest absolute Gasteiger partial charge is 0.175 e. The van der Waals surface area contributed by atoms with Crippen molar-refractivity contribution in [2.45, 2.75) is 51.6 Å². The SMILES string of the molecule is CC.OC1CCC(c2ccc(-c3nncn3SF)cc2)CC1. The van der Waals surface area contributed by atoms with Gasteiger partial charge in [-0.15, -0.1) is 14.1 Å². The molecule has 0 amide bonds. The molecule has 0 radical (unpaired) electrons. The second-order valence-electron chi connectivity index (χ2n) is 5.18. The Hall–Kier alpha value is -1.40. The maximum absolute atomic E-state index is 12.7. The second kappa shape index (κ2) is 8.29. The Morgan fingerprint density at radius 2 is 1.77 bits per heavy atom. The fourth-order valence-corrected chi connectivity index (χ4v) is 3.06. The minimum atomic E-state index is -0.134. The zero-order valence-electron chi connectivity index (χ0n) is 12.9. The van der Waals surface area contributed by atoms with E-state index in [-0.39, 0.29) is 18.4 Å². The summed E-state index contributed by atoms with van der Waals surface area (Å²) < 4.78 is 14.0. The minimum Gasteiger partial charge on any atom is -0.393 e. The highest BCUT2D eigenvalue weighted by Crippen LogP contribution is 2.33. The van der Waals surface area contributed by atoms with Gasteiger partial charge < -0.3 is 5.11 Å². The average Bonchev–Trinajstić information content (AvgIpc) is 3.06. The number of nitrogens with zero attached hydrogens (tertiary/aromatic N) is 3. The summed E-state index contributed by atoms with van der Waals surface area (Å²) in [6.45, 7) is 4.00. The number of hydrogen-bond acceptors (Lipinski definition) is 4. The molecule has 0 saturated heterocycles. The van der Waals surface area contributed by atoms with Gasteiger partial charge in [-0.2, -0.15) is 0 Å². The molecule has 0 unspecified atom stereocenters. The monoisotopic (exact) mass is 323 g/mol. The Balaban J connectivity index is 0.000000847. The van der Waals surface area contributed by atoms with Gasteiger partial charge >= 0.3 is 0 Å². The third-order valence-corrected chi connectivity index (χ3v) is 4.34. The number of aromatic nitrogens is 3. The molecule has 1 N–H and O–H groups in total. The normalized spacial score (nSPS) is 21.1. The number of aliphatic hydroxyl groups is 1. The highest BCUT2D eigenvalue weighted by Gasteiger charge is 2.20. The first-order valence-corrected chi connectivity index (χ1v) is 8.43. The summed E-state index contributed by atoms with van der Waals surface area (Å²) in [5, 5.41) is 17.2. The van der Waals surface area contributed by atoms with E-state index in [1.807, 2.05) is 26.0 Å². The molecule has 1 fully saturated rings. The lowest BCUT2D eigenvalue weighted by Crippen LogP contribution is -2.16. The van der Waals surface area contributed by atoms with Gasteiger partial charge in [-0.1, -0.05) is 38.1 Å². The molecule has 0 spiro atoms. The van der Waals surface area contributed by atoms with Crippen molar-refractivity contribution in [3.8, 4) is 11.4 Å². The predicted octanol–water partition coefficient (Wildman–Crippen LogP) is 4.37. The van der Waals surface area contributed by atoms with Crippen LogP contribution in [0.25, 0.3) is 11.4 Å². The molecule has 1 saturated carbocycles. The van der Waals surface area contributed by atoms with Gasteiger partial charge in [-0.3, -0.25) is 0 Å². The molecule has 6 heteroatoms. The first-order chi connectivity index (χ1) is 10.8. The van der Waals surface area contributed by atoms with E-state index in [0.29, 0.717) is 11.7 Å². The molecule has 2 aromatic rings. The van der Waals surface area contributed by atoms with Crippen LogP contribution < -0.4 is 0 Å². The number of rotatable bonds is 3. The Morgan fingerprint density at radius 1 is 1.14 bits per heavy atom. The number of benzene rings is 1. The van der Waals surface area contributed by atoms with E-state index in [1.165, 1.54) is 15.9 Å². The van der Waals surface area contributed by atoms with Crippen molar-refractivity contribution in [1.29, 1.82) is 0 Å². The zero-order chi connectivity index (χ0) is 15.9. The minimum absolute atomic E-state index is 0.0933. The predicted molar refractivity (Wildman–Crippen MR) is 88.1 cm³/mol. The van der Waals surface area contributed by atoms with E-state index in [2.05, 4.69) is 22.3 Å². The van der Waals surface area contributed by atoms with Crippen molar-refractivity contribution in [2.24, 2.45) is 0 Å². The maximum atomic E-state index is 12.7. The highest BCUT2D eigenvalue weighted by atomic mass is 32.2. The fraction of sp³-hybridized carbons (Fsp3) is 0.500. The van der Waals surface area contributed by atoms with Gasteiger partial charge in [0, 0.05) is 5.56 Å². The molecule has 1 aliphatic carbocycles. The topological polar surface area (TPSA) is 50.9 Å². The van der Waals surface area contributed by atoms with Gasteiger partial charge in [-0.05, 0) is 37.2 Å². The van der Waals surface area contributed by atoms with E-state index in [4.69, 9.17) is 0 Å². The Bertz CT molecular complexity index is 565. The molecule has 4 nitrogen and oxygen atoms in total. The average molecular weight is 323 g/mol. The van der Waals surface area contributed by atoms with Gasteiger partial charge in [0.05, 0.1) is 6.10 Å². The molecule has 1 heterocycles. The molecule has 120 valence electrons. The van der Waals surface area contributed by atoms with E-state index in [1.54, 1.807) is 0 Å². The van der Waals surface area contributed by atoms with Crippen LogP contribution in [0.3, 0.4) is 0 Å². The number of aliphatic hydroxyl groups excluding tert-OH is 1. The quantitative estimate of drug-likeness (QED) is 0.911. The fourth-order valence-electron chi connectivity index (χ4n) is 2.78. The summed E-state index contributed by atoms with van der Waals surface area (Å²) in [6.07, 6.45) is 5.02. The third kappa shape index (κ3) is 3.87.